The normalized spacial score (nSPS) is 10.9. The number of hydrogen-bond donors (Lipinski definition) is 1. The molecule has 13 nitrogen and oxygen atoms in total. The van der Waals surface area contributed by atoms with E-state index in [-0.39, 0.29) is 45.0 Å². The lowest BCUT2D eigenvalue weighted by Gasteiger charge is -2.21. The summed E-state index contributed by atoms with van der Waals surface area (Å²) in [7, 11) is 6.34. The molecule has 0 radical (unpaired) electrons. The lowest BCUT2D eigenvalue weighted by Crippen LogP contribution is -2.11. The van der Waals surface area contributed by atoms with Crippen LogP contribution in [0.15, 0.2) is 176 Å². The van der Waals surface area contributed by atoms with Crippen LogP contribution in [0.2, 0.25) is 0 Å². The van der Waals surface area contributed by atoms with Crippen molar-refractivity contribution in [2.24, 2.45) is 0 Å². The summed E-state index contributed by atoms with van der Waals surface area (Å²) in [6, 6.07) is 53.4. The molecule has 0 bridgehead atoms. The molecule has 8 aromatic rings. The molecule has 8 rings (SSSR count). The number of esters is 2. The molecule has 0 spiro atoms. The van der Waals surface area contributed by atoms with Crippen LogP contribution in [0, 0.1) is 0 Å². The van der Waals surface area contributed by atoms with Crippen molar-refractivity contribution in [3.8, 4) is 46.0 Å². The average Bonchev–Trinajstić information content (AvgIpc) is 3.46. The van der Waals surface area contributed by atoms with Crippen LogP contribution in [0.1, 0.15) is 70.8 Å². The minimum absolute atomic E-state index is 0.0619. The molecule has 0 saturated carbocycles. The summed E-state index contributed by atoms with van der Waals surface area (Å²) in [5, 5.41) is 10.6. The van der Waals surface area contributed by atoms with Crippen LogP contribution in [0.4, 0.5) is 0 Å². The Hall–Kier alpha value is -8.62. The number of carbonyl (C=O) groups excluding carboxylic acids is 2. The number of carbonyl (C=O) groups is 2. The molecule has 0 aliphatic carbocycles. The molecule has 0 saturated heterocycles. The topological polar surface area (TPSA) is 147 Å². The van der Waals surface area contributed by atoms with E-state index in [1.165, 1.54) is 0 Å². The van der Waals surface area contributed by atoms with E-state index >= 15 is 0 Å². The van der Waals surface area contributed by atoms with Crippen LogP contribution in [0.25, 0.3) is 0 Å². The monoisotopic (exact) mass is 1020 g/mol. The van der Waals surface area contributed by atoms with Gasteiger partial charge in [0.2, 0.25) is 0 Å². The highest BCUT2D eigenvalue weighted by Gasteiger charge is 2.23. The van der Waals surface area contributed by atoms with Crippen LogP contribution in [-0.2, 0) is 48.6 Å². The Bertz CT molecular complexity index is 3160. The van der Waals surface area contributed by atoms with Crippen LogP contribution >= 0.6 is 0 Å². The highest BCUT2D eigenvalue weighted by atomic mass is 16.7. The van der Waals surface area contributed by atoms with Crippen molar-refractivity contribution in [3.05, 3.63) is 237 Å². The van der Waals surface area contributed by atoms with E-state index in [0.717, 1.165) is 16.7 Å². The fourth-order valence-corrected chi connectivity index (χ4v) is 8.74. The van der Waals surface area contributed by atoms with Crippen molar-refractivity contribution in [2.45, 2.75) is 39.1 Å². The molecule has 0 unspecified atom stereocenters. The Morgan fingerprint density at radius 2 is 0.803 bits per heavy atom. The SMILES string of the molecule is COCCOCOc1ccc(OC(=O)c2ccccc2)cc1Cc1cc(OCc2ccccc2)cc(Cc2cc(OC(=O)c3ccccc3)cc(Cc3cc(OCc4ccccc4)cc(CO)c3OC)c2OC)c1OC. The van der Waals surface area contributed by atoms with Crippen molar-refractivity contribution in [1.29, 1.82) is 0 Å². The Labute approximate surface area is 443 Å². The fraction of sp³-hybridized carbons (Fsp3) is 0.206. The molecule has 76 heavy (non-hydrogen) atoms. The van der Waals surface area contributed by atoms with Gasteiger partial charge >= 0.3 is 11.9 Å². The first-order valence-corrected chi connectivity index (χ1v) is 24.7. The summed E-state index contributed by atoms with van der Waals surface area (Å²) in [6.45, 7) is 0.919. The predicted molar refractivity (Wildman–Crippen MR) is 287 cm³/mol. The summed E-state index contributed by atoms with van der Waals surface area (Å²) in [5.74, 6) is 2.61. The van der Waals surface area contributed by atoms with Gasteiger partial charge in [0.15, 0.2) is 6.79 Å². The lowest BCUT2D eigenvalue weighted by molar-refractivity contribution is -0.00885. The standard InChI is InChI=1S/C63H60O13/c1-67-27-28-71-42-74-58-26-25-54(75-62(65)45-21-13-7-14-22-45)32-47(58)29-48-33-55(72-40-43-17-9-5-10-18-43)34-49(59(48)68-2)30-51-36-57(76-63(66)46-23-15-8-16-24-46)37-52(60(51)69-3)31-50-35-56(38-53(39-64)61(50)70-4)73-41-44-19-11-6-12-20-44/h5-26,32-38,64H,27-31,39-42H2,1-4H3. The average molecular weight is 1030 g/mol. The second-order valence-corrected chi connectivity index (χ2v) is 17.5. The zero-order valence-electron chi connectivity index (χ0n) is 43.0. The summed E-state index contributed by atoms with van der Waals surface area (Å²) in [4.78, 5) is 27.1. The second-order valence-electron chi connectivity index (χ2n) is 17.5. The number of aliphatic hydroxyl groups is 1. The van der Waals surface area contributed by atoms with Crippen LogP contribution in [-0.4, -0.2) is 65.5 Å². The van der Waals surface area contributed by atoms with Gasteiger partial charge in [-0.3, -0.25) is 0 Å². The predicted octanol–water partition coefficient (Wildman–Crippen LogP) is 11.6. The number of aliphatic hydroxyl groups excluding tert-OH is 1. The molecular formula is C63H60O13. The third-order valence-electron chi connectivity index (χ3n) is 12.3. The Balaban J connectivity index is 1.22. The first kappa shape index (κ1) is 53.7. The molecule has 0 fully saturated rings. The summed E-state index contributed by atoms with van der Waals surface area (Å²) in [5.41, 5.74) is 7.37. The Morgan fingerprint density at radius 1 is 0.408 bits per heavy atom. The minimum atomic E-state index is -0.547. The molecule has 0 aliphatic rings. The third-order valence-corrected chi connectivity index (χ3v) is 12.3. The van der Waals surface area contributed by atoms with Gasteiger partial charge in [0, 0.05) is 65.3 Å². The Kier molecular flexibility index (Phi) is 19.1. The fourth-order valence-electron chi connectivity index (χ4n) is 8.74. The van der Waals surface area contributed by atoms with Crippen molar-refractivity contribution in [2.75, 3.05) is 48.4 Å². The van der Waals surface area contributed by atoms with Crippen molar-refractivity contribution in [3.63, 3.8) is 0 Å². The second kappa shape index (κ2) is 27.1. The third kappa shape index (κ3) is 14.4. The van der Waals surface area contributed by atoms with Gasteiger partial charge in [0.25, 0.3) is 0 Å². The van der Waals surface area contributed by atoms with E-state index < -0.39 is 11.9 Å². The number of rotatable bonds is 26. The van der Waals surface area contributed by atoms with E-state index in [9.17, 15) is 14.7 Å². The molecular weight excluding hydrogens is 965 g/mol. The van der Waals surface area contributed by atoms with Gasteiger partial charge in [-0.25, -0.2) is 9.59 Å². The lowest BCUT2D eigenvalue weighted by atomic mass is 9.93. The maximum absolute atomic E-state index is 13.8. The largest absolute Gasteiger partial charge is 0.496 e. The van der Waals surface area contributed by atoms with Gasteiger partial charge in [-0.15, -0.1) is 0 Å². The molecule has 13 heteroatoms. The quantitative estimate of drug-likeness (QED) is 0.0238. The van der Waals surface area contributed by atoms with E-state index in [2.05, 4.69) is 0 Å². The minimum Gasteiger partial charge on any atom is -0.496 e. The van der Waals surface area contributed by atoms with Crippen LogP contribution in [0.5, 0.6) is 46.0 Å². The summed E-state index contributed by atoms with van der Waals surface area (Å²) < 4.78 is 60.5. The van der Waals surface area contributed by atoms with Gasteiger partial charge < -0.3 is 52.5 Å². The van der Waals surface area contributed by atoms with E-state index in [1.807, 2.05) is 91.0 Å². The van der Waals surface area contributed by atoms with E-state index in [4.69, 9.17) is 47.4 Å². The highest BCUT2D eigenvalue weighted by molar-refractivity contribution is 5.91. The molecule has 0 atom stereocenters. The molecule has 390 valence electrons. The van der Waals surface area contributed by atoms with Crippen molar-refractivity contribution >= 4 is 11.9 Å². The van der Waals surface area contributed by atoms with Gasteiger partial charge in [-0.1, -0.05) is 97.1 Å². The highest BCUT2D eigenvalue weighted by Crippen LogP contribution is 2.41. The van der Waals surface area contributed by atoms with E-state index in [1.54, 1.807) is 113 Å². The number of hydrogen-bond acceptors (Lipinski definition) is 13. The van der Waals surface area contributed by atoms with Crippen molar-refractivity contribution in [1.82, 2.24) is 0 Å². The number of methoxy groups -OCH3 is 4. The van der Waals surface area contributed by atoms with Gasteiger partial charge in [-0.05, 0) is 90.0 Å². The van der Waals surface area contributed by atoms with Gasteiger partial charge in [0.05, 0.1) is 52.3 Å². The van der Waals surface area contributed by atoms with Gasteiger partial charge in [-0.2, -0.15) is 0 Å². The molecule has 0 aromatic heterocycles. The Morgan fingerprint density at radius 3 is 1.25 bits per heavy atom. The molecule has 0 heterocycles. The van der Waals surface area contributed by atoms with Crippen molar-refractivity contribution < 1.29 is 62.1 Å². The summed E-state index contributed by atoms with van der Waals surface area (Å²) in [6.07, 6.45) is 0.656. The first-order chi connectivity index (χ1) is 37.2. The zero-order valence-corrected chi connectivity index (χ0v) is 43.0. The molecule has 0 amide bonds. The molecule has 1 N–H and O–H groups in total. The van der Waals surface area contributed by atoms with E-state index in [0.29, 0.717) is 105 Å². The number of benzene rings is 8. The van der Waals surface area contributed by atoms with Crippen LogP contribution in [0.3, 0.4) is 0 Å². The maximum Gasteiger partial charge on any atom is 0.343 e. The van der Waals surface area contributed by atoms with Crippen LogP contribution < -0.4 is 37.9 Å². The molecule has 0 aliphatic heterocycles. The maximum atomic E-state index is 13.8. The van der Waals surface area contributed by atoms with Gasteiger partial charge in [0.1, 0.15) is 59.2 Å². The smallest absolute Gasteiger partial charge is 0.343 e. The first-order valence-electron chi connectivity index (χ1n) is 24.7. The zero-order chi connectivity index (χ0) is 53.1. The number of ether oxygens (including phenoxy) is 10. The molecule has 8 aromatic carbocycles. The summed E-state index contributed by atoms with van der Waals surface area (Å²) >= 11 is 0.